The zero-order chi connectivity index (χ0) is 11.0. The maximum atomic E-state index is 9.48. The topological polar surface area (TPSA) is 33.1 Å². The molecular formula is C14H13NO. The summed E-state index contributed by atoms with van der Waals surface area (Å²) < 4.78 is 0. The van der Waals surface area contributed by atoms with Crippen molar-refractivity contribution in [3.05, 3.63) is 48.2 Å². The molecule has 0 fully saturated rings. The number of pyridine rings is 1. The molecule has 1 aliphatic rings. The molecule has 1 aromatic heterocycles. The van der Waals surface area contributed by atoms with E-state index < -0.39 is 0 Å². The van der Waals surface area contributed by atoms with Crippen molar-refractivity contribution in [2.75, 3.05) is 0 Å². The third-order valence-electron chi connectivity index (χ3n) is 3.06. The van der Waals surface area contributed by atoms with Crippen molar-refractivity contribution in [3.8, 4) is 0 Å². The Labute approximate surface area is 94.3 Å². The molecule has 1 heterocycles. The van der Waals surface area contributed by atoms with Crippen LogP contribution in [-0.2, 0) is 0 Å². The van der Waals surface area contributed by atoms with Gasteiger partial charge in [0.25, 0.3) is 0 Å². The number of benzene rings is 1. The number of allylic oxidation sites excluding steroid dienone is 1. The molecule has 1 N–H and O–H groups in total. The van der Waals surface area contributed by atoms with E-state index in [1.807, 2.05) is 30.5 Å². The lowest BCUT2D eigenvalue weighted by atomic mass is 10.1. The lowest BCUT2D eigenvalue weighted by Crippen LogP contribution is -1.93. The van der Waals surface area contributed by atoms with E-state index in [1.165, 1.54) is 5.57 Å². The first-order chi connectivity index (χ1) is 7.83. The summed E-state index contributed by atoms with van der Waals surface area (Å²) >= 11 is 0. The first kappa shape index (κ1) is 9.55. The van der Waals surface area contributed by atoms with Gasteiger partial charge in [0.1, 0.15) is 0 Å². The molecule has 80 valence electrons. The van der Waals surface area contributed by atoms with Gasteiger partial charge in [-0.1, -0.05) is 24.3 Å². The van der Waals surface area contributed by atoms with Gasteiger partial charge < -0.3 is 5.11 Å². The Bertz CT molecular complexity index is 559. The lowest BCUT2D eigenvalue weighted by Gasteiger charge is -2.03. The van der Waals surface area contributed by atoms with Crippen LogP contribution >= 0.6 is 0 Å². The van der Waals surface area contributed by atoms with E-state index in [0.29, 0.717) is 0 Å². The molecule has 0 amide bonds. The van der Waals surface area contributed by atoms with Crippen LogP contribution in [0.15, 0.2) is 42.6 Å². The Kier molecular flexibility index (Phi) is 2.22. The van der Waals surface area contributed by atoms with Gasteiger partial charge >= 0.3 is 0 Å². The largest absolute Gasteiger partial charge is 0.389 e. The van der Waals surface area contributed by atoms with Crippen LogP contribution in [0.1, 0.15) is 18.4 Å². The highest BCUT2D eigenvalue weighted by Gasteiger charge is 2.14. The minimum Gasteiger partial charge on any atom is -0.389 e. The molecule has 0 saturated carbocycles. The van der Waals surface area contributed by atoms with Crippen LogP contribution in [0.3, 0.4) is 0 Å². The third-order valence-corrected chi connectivity index (χ3v) is 3.06. The van der Waals surface area contributed by atoms with Gasteiger partial charge in [0.05, 0.1) is 11.6 Å². The normalized spacial score (nSPS) is 20.1. The molecule has 1 aliphatic carbocycles. The van der Waals surface area contributed by atoms with Gasteiger partial charge in [0.2, 0.25) is 0 Å². The molecule has 0 saturated heterocycles. The second-order valence-electron chi connectivity index (χ2n) is 4.21. The molecule has 0 bridgehead atoms. The van der Waals surface area contributed by atoms with Crippen molar-refractivity contribution in [2.24, 2.45) is 0 Å². The lowest BCUT2D eigenvalue weighted by molar-refractivity contribution is 0.223. The first-order valence-corrected chi connectivity index (χ1v) is 5.57. The van der Waals surface area contributed by atoms with E-state index >= 15 is 0 Å². The Morgan fingerprint density at radius 1 is 1.25 bits per heavy atom. The van der Waals surface area contributed by atoms with Crippen LogP contribution in [0, 0.1) is 0 Å². The summed E-state index contributed by atoms with van der Waals surface area (Å²) in [6, 6.07) is 10.2. The Morgan fingerprint density at radius 3 is 2.94 bits per heavy atom. The van der Waals surface area contributed by atoms with Crippen LogP contribution in [0.25, 0.3) is 16.5 Å². The summed E-state index contributed by atoms with van der Waals surface area (Å²) in [6.45, 7) is 0. The maximum absolute atomic E-state index is 9.48. The predicted octanol–water partition coefficient (Wildman–Crippen LogP) is 2.77. The minimum atomic E-state index is -0.276. The number of nitrogens with zero attached hydrogens (tertiary/aromatic N) is 1. The van der Waals surface area contributed by atoms with Crippen LogP contribution in [0.4, 0.5) is 0 Å². The zero-order valence-corrected chi connectivity index (χ0v) is 8.93. The number of aliphatic hydroxyl groups is 1. The molecule has 2 nitrogen and oxygen atoms in total. The van der Waals surface area contributed by atoms with Gasteiger partial charge in [0, 0.05) is 11.6 Å². The number of hydrogen-bond donors (Lipinski definition) is 1. The highest BCUT2D eigenvalue weighted by atomic mass is 16.3. The second kappa shape index (κ2) is 3.72. The molecule has 16 heavy (non-hydrogen) atoms. The maximum Gasteiger partial charge on any atom is 0.0730 e. The van der Waals surface area contributed by atoms with Crippen molar-refractivity contribution >= 4 is 16.5 Å². The van der Waals surface area contributed by atoms with Gasteiger partial charge in [-0.05, 0) is 36.1 Å². The van der Waals surface area contributed by atoms with E-state index in [9.17, 15) is 5.11 Å². The summed E-state index contributed by atoms with van der Waals surface area (Å²) in [7, 11) is 0. The van der Waals surface area contributed by atoms with Gasteiger partial charge in [-0.3, -0.25) is 4.98 Å². The molecule has 1 aromatic carbocycles. The van der Waals surface area contributed by atoms with Gasteiger partial charge in [-0.2, -0.15) is 0 Å². The monoisotopic (exact) mass is 211 g/mol. The van der Waals surface area contributed by atoms with E-state index in [0.717, 1.165) is 29.3 Å². The van der Waals surface area contributed by atoms with Crippen molar-refractivity contribution in [1.82, 2.24) is 4.98 Å². The summed E-state index contributed by atoms with van der Waals surface area (Å²) in [5.74, 6) is 0. The number of aromatic nitrogens is 1. The summed E-state index contributed by atoms with van der Waals surface area (Å²) in [5, 5.41) is 10.6. The highest BCUT2D eigenvalue weighted by molar-refractivity contribution is 5.82. The fourth-order valence-electron chi connectivity index (χ4n) is 2.19. The van der Waals surface area contributed by atoms with Crippen LogP contribution in [0.2, 0.25) is 0 Å². The van der Waals surface area contributed by atoms with Crippen LogP contribution in [-0.4, -0.2) is 16.2 Å². The molecule has 3 rings (SSSR count). The van der Waals surface area contributed by atoms with Crippen molar-refractivity contribution in [3.63, 3.8) is 0 Å². The van der Waals surface area contributed by atoms with Crippen molar-refractivity contribution < 1.29 is 5.11 Å². The highest BCUT2D eigenvalue weighted by Crippen LogP contribution is 2.28. The quantitative estimate of drug-likeness (QED) is 0.786. The summed E-state index contributed by atoms with van der Waals surface area (Å²) in [6.07, 6.45) is 5.34. The molecule has 1 unspecified atom stereocenters. The Morgan fingerprint density at radius 2 is 2.12 bits per heavy atom. The molecule has 2 aromatic rings. The number of hydrogen-bond acceptors (Lipinski definition) is 2. The molecule has 1 atom stereocenters. The fraction of sp³-hybridized carbons (Fsp3) is 0.214. The van der Waals surface area contributed by atoms with E-state index in [1.54, 1.807) is 0 Å². The van der Waals surface area contributed by atoms with E-state index in [-0.39, 0.29) is 6.10 Å². The number of aliphatic hydroxyl groups excluding tert-OH is 1. The van der Waals surface area contributed by atoms with Gasteiger partial charge in [-0.15, -0.1) is 0 Å². The van der Waals surface area contributed by atoms with E-state index in [4.69, 9.17) is 0 Å². The average molecular weight is 211 g/mol. The summed E-state index contributed by atoms with van der Waals surface area (Å²) in [5.41, 5.74) is 3.37. The molecular weight excluding hydrogens is 198 g/mol. The smallest absolute Gasteiger partial charge is 0.0730 e. The molecule has 2 heteroatoms. The van der Waals surface area contributed by atoms with Gasteiger partial charge in [-0.25, -0.2) is 0 Å². The zero-order valence-electron chi connectivity index (χ0n) is 8.93. The molecule has 0 aliphatic heterocycles. The molecule has 0 radical (unpaired) electrons. The van der Waals surface area contributed by atoms with Gasteiger partial charge in [0.15, 0.2) is 0 Å². The first-order valence-electron chi connectivity index (χ1n) is 5.57. The van der Waals surface area contributed by atoms with Crippen LogP contribution in [0.5, 0.6) is 0 Å². The number of rotatable bonds is 1. The van der Waals surface area contributed by atoms with Crippen LogP contribution < -0.4 is 0 Å². The standard InChI is InChI=1S/C14H13NO/c16-13-6-5-10(8-13)12-7-11-3-1-2-4-14(11)15-9-12/h1-4,7-9,13,16H,5-6H2. The minimum absolute atomic E-state index is 0.276. The average Bonchev–Trinajstić information content (AvgIpc) is 2.75. The number of fused-ring (bicyclic) bond motifs is 1. The van der Waals surface area contributed by atoms with E-state index in [2.05, 4.69) is 17.1 Å². The summed E-state index contributed by atoms with van der Waals surface area (Å²) in [4.78, 5) is 4.43. The Balaban J connectivity index is 2.09. The number of para-hydroxylation sites is 1. The SMILES string of the molecule is OC1C=C(c2cnc3ccccc3c2)CC1. The van der Waals surface area contributed by atoms with Crippen molar-refractivity contribution in [2.45, 2.75) is 18.9 Å². The Hall–Kier alpha value is -1.67. The fourth-order valence-corrected chi connectivity index (χ4v) is 2.19. The predicted molar refractivity (Wildman–Crippen MR) is 65.0 cm³/mol. The third kappa shape index (κ3) is 1.61. The molecule has 0 spiro atoms. The second-order valence-corrected chi connectivity index (χ2v) is 4.21. The van der Waals surface area contributed by atoms with Crippen molar-refractivity contribution in [1.29, 1.82) is 0 Å².